The molecule has 0 bridgehead atoms. The molecule has 6 nitrogen and oxygen atoms in total. The van der Waals surface area contributed by atoms with Crippen LogP contribution < -0.4 is 0 Å². The second-order valence-corrected chi connectivity index (χ2v) is 24.2. The molecule has 79 heavy (non-hydrogen) atoms. The summed E-state index contributed by atoms with van der Waals surface area (Å²) in [6.45, 7) is 6.64. The van der Waals surface area contributed by atoms with Crippen molar-refractivity contribution in [2.75, 3.05) is 13.2 Å². The molecule has 6 heteroatoms. The topological polar surface area (TPSA) is 78.9 Å². The van der Waals surface area contributed by atoms with Crippen molar-refractivity contribution in [2.24, 2.45) is 0 Å². The average molecular weight is 1110 g/mol. The van der Waals surface area contributed by atoms with Crippen LogP contribution in [0.1, 0.15) is 393 Å². The van der Waals surface area contributed by atoms with Gasteiger partial charge in [-0.1, -0.05) is 353 Å². The summed E-state index contributed by atoms with van der Waals surface area (Å²) >= 11 is 0. The van der Waals surface area contributed by atoms with Crippen LogP contribution in [-0.4, -0.2) is 37.2 Å². The maximum absolute atomic E-state index is 12.9. The van der Waals surface area contributed by atoms with Gasteiger partial charge in [-0.05, 0) is 57.8 Å². The van der Waals surface area contributed by atoms with Gasteiger partial charge in [0.05, 0.1) is 0 Å². The Bertz CT molecular complexity index is 1320. The van der Waals surface area contributed by atoms with E-state index >= 15 is 0 Å². The van der Waals surface area contributed by atoms with E-state index in [1.807, 2.05) is 0 Å². The Labute approximate surface area is 493 Å². The molecule has 0 fully saturated rings. The van der Waals surface area contributed by atoms with Gasteiger partial charge in [-0.3, -0.25) is 14.4 Å². The van der Waals surface area contributed by atoms with Gasteiger partial charge >= 0.3 is 17.9 Å². The second kappa shape index (κ2) is 68.1. The molecule has 0 heterocycles. The van der Waals surface area contributed by atoms with Crippen molar-refractivity contribution in [1.82, 2.24) is 0 Å². The van der Waals surface area contributed by atoms with Crippen LogP contribution in [0.4, 0.5) is 0 Å². The zero-order valence-electron chi connectivity index (χ0n) is 53.4. The molecule has 0 aromatic heterocycles. The normalized spacial score (nSPS) is 12.2. The number of hydrogen-bond acceptors (Lipinski definition) is 6. The van der Waals surface area contributed by atoms with E-state index in [9.17, 15) is 14.4 Å². The first-order chi connectivity index (χ1) is 39.0. The highest BCUT2D eigenvalue weighted by molar-refractivity contribution is 5.71. The zero-order chi connectivity index (χ0) is 57.1. The van der Waals surface area contributed by atoms with E-state index in [0.29, 0.717) is 19.3 Å². The summed E-state index contributed by atoms with van der Waals surface area (Å²) in [7, 11) is 0. The van der Waals surface area contributed by atoms with E-state index in [-0.39, 0.29) is 31.1 Å². The number of esters is 3. The molecule has 0 aliphatic rings. The molecule has 1 unspecified atom stereocenters. The van der Waals surface area contributed by atoms with Gasteiger partial charge in [0.1, 0.15) is 13.2 Å². The van der Waals surface area contributed by atoms with E-state index in [0.717, 1.165) is 70.6 Å². The van der Waals surface area contributed by atoms with Gasteiger partial charge in [0.25, 0.3) is 0 Å². The van der Waals surface area contributed by atoms with Gasteiger partial charge in [0.15, 0.2) is 6.10 Å². The van der Waals surface area contributed by atoms with E-state index < -0.39 is 6.10 Å². The van der Waals surface area contributed by atoms with E-state index in [4.69, 9.17) is 14.2 Å². The summed E-state index contributed by atoms with van der Waals surface area (Å²) in [5.74, 6) is -0.854. The van der Waals surface area contributed by atoms with Crippen LogP contribution in [0.3, 0.4) is 0 Å². The number of hydrogen-bond donors (Lipinski definition) is 0. The van der Waals surface area contributed by atoms with Crippen molar-refractivity contribution in [3.8, 4) is 0 Å². The number of carbonyl (C=O) groups is 3. The zero-order valence-corrected chi connectivity index (χ0v) is 53.4. The standard InChI is InChI=1S/C73H136O6/c1-4-7-10-13-16-18-20-22-24-26-28-30-32-34-36-38-39-41-43-45-47-49-51-53-55-57-60-63-66-72(75)78-69-70(68-77-71(74)65-62-59-15-12-9-6-3)79-73(76)67-64-61-58-56-54-52-50-48-46-44-42-40-37-35-33-31-29-27-25-23-21-19-17-14-11-8-5-2/h21,23,27,29,33,35,70H,4-20,22,24-26,28,30-32,34,36-69H2,1-3H3/b23-21-,29-27-,35-33-. The van der Waals surface area contributed by atoms with Gasteiger partial charge in [0.2, 0.25) is 0 Å². The molecule has 0 N–H and O–H groups in total. The molecule has 464 valence electrons. The average Bonchev–Trinajstić information content (AvgIpc) is 3.45. The number of ether oxygens (including phenoxy) is 3. The minimum Gasteiger partial charge on any atom is -0.462 e. The highest BCUT2D eigenvalue weighted by Crippen LogP contribution is 2.19. The van der Waals surface area contributed by atoms with Gasteiger partial charge in [-0.2, -0.15) is 0 Å². The molecule has 0 aromatic carbocycles. The number of rotatable bonds is 66. The highest BCUT2D eigenvalue weighted by atomic mass is 16.6. The first-order valence-electron chi connectivity index (χ1n) is 35.5. The van der Waals surface area contributed by atoms with Crippen LogP contribution >= 0.6 is 0 Å². The summed E-state index contributed by atoms with van der Waals surface area (Å²) in [6, 6.07) is 0. The Balaban J connectivity index is 3.98. The maximum Gasteiger partial charge on any atom is 0.306 e. The number of carbonyl (C=O) groups excluding carboxylic acids is 3. The van der Waals surface area contributed by atoms with Crippen molar-refractivity contribution in [1.29, 1.82) is 0 Å². The Morgan fingerprint density at radius 2 is 0.456 bits per heavy atom. The molecule has 0 aromatic rings. The smallest absolute Gasteiger partial charge is 0.306 e. The predicted molar refractivity (Wildman–Crippen MR) is 344 cm³/mol. The van der Waals surface area contributed by atoms with Crippen molar-refractivity contribution in [2.45, 2.75) is 399 Å². The third kappa shape index (κ3) is 66.3. The largest absolute Gasteiger partial charge is 0.462 e. The third-order valence-electron chi connectivity index (χ3n) is 16.1. The van der Waals surface area contributed by atoms with Gasteiger partial charge in [-0.25, -0.2) is 0 Å². The molecule has 0 aliphatic heterocycles. The van der Waals surface area contributed by atoms with Crippen LogP contribution in [0.2, 0.25) is 0 Å². The lowest BCUT2D eigenvalue weighted by molar-refractivity contribution is -0.167. The quantitative estimate of drug-likeness (QED) is 0.0261. The first-order valence-corrected chi connectivity index (χ1v) is 35.5. The summed E-state index contributed by atoms with van der Waals surface area (Å²) in [4.78, 5) is 38.1. The molecular weight excluding hydrogens is 973 g/mol. The molecule has 1 atom stereocenters. The van der Waals surface area contributed by atoms with Gasteiger partial charge in [0, 0.05) is 19.3 Å². The predicted octanol–water partition coefficient (Wildman–Crippen LogP) is 24.3. The fraction of sp³-hybridized carbons (Fsp3) is 0.877. The SMILES string of the molecule is CCCCCCC/C=C\C/C=C\C/C=C\CCCCCCCCCCCCCCC(=O)OC(COC(=O)CCCCCCCC)COC(=O)CCCCCCCCCCCCCCCCCCCCCCCCCCCCCC. The lowest BCUT2D eigenvalue weighted by atomic mass is 10.0. The van der Waals surface area contributed by atoms with Crippen molar-refractivity contribution in [3.63, 3.8) is 0 Å². The lowest BCUT2D eigenvalue weighted by Crippen LogP contribution is -2.30. The number of unbranched alkanes of at least 4 members (excludes halogenated alkanes) is 49. The molecule has 0 saturated carbocycles. The summed E-state index contributed by atoms with van der Waals surface area (Å²) < 4.78 is 16.9. The van der Waals surface area contributed by atoms with Crippen LogP contribution in [0.15, 0.2) is 36.5 Å². The molecule has 0 saturated heterocycles. The minimum atomic E-state index is -0.768. The lowest BCUT2D eigenvalue weighted by Gasteiger charge is -2.18. The Morgan fingerprint density at radius 3 is 0.709 bits per heavy atom. The van der Waals surface area contributed by atoms with Gasteiger partial charge < -0.3 is 14.2 Å². The summed E-state index contributed by atoms with van der Waals surface area (Å²) in [5, 5.41) is 0. The van der Waals surface area contributed by atoms with Crippen molar-refractivity contribution in [3.05, 3.63) is 36.5 Å². The Morgan fingerprint density at radius 1 is 0.253 bits per heavy atom. The summed E-state index contributed by atoms with van der Waals surface area (Å²) in [5.41, 5.74) is 0. The summed E-state index contributed by atoms with van der Waals surface area (Å²) in [6.07, 6.45) is 85.1. The van der Waals surface area contributed by atoms with Crippen LogP contribution in [0.5, 0.6) is 0 Å². The Hall–Kier alpha value is -2.37. The highest BCUT2D eigenvalue weighted by Gasteiger charge is 2.19. The fourth-order valence-electron chi connectivity index (χ4n) is 10.8. The number of allylic oxidation sites excluding steroid dienone is 6. The molecule has 0 rings (SSSR count). The minimum absolute atomic E-state index is 0.0677. The van der Waals surface area contributed by atoms with Crippen LogP contribution in [-0.2, 0) is 28.6 Å². The van der Waals surface area contributed by atoms with Gasteiger partial charge in [-0.15, -0.1) is 0 Å². The van der Waals surface area contributed by atoms with Crippen LogP contribution in [0.25, 0.3) is 0 Å². The second-order valence-electron chi connectivity index (χ2n) is 24.2. The molecule has 0 amide bonds. The van der Waals surface area contributed by atoms with Crippen molar-refractivity contribution < 1.29 is 28.6 Å². The third-order valence-corrected chi connectivity index (χ3v) is 16.1. The van der Waals surface area contributed by atoms with E-state index in [1.165, 1.54) is 283 Å². The van der Waals surface area contributed by atoms with E-state index in [2.05, 4.69) is 57.2 Å². The fourth-order valence-corrected chi connectivity index (χ4v) is 10.8. The van der Waals surface area contributed by atoms with E-state index in [1.54, 1.807) is 0 Å². The molecule has 0 aliphatic carbocycles. The monoisotopic (exact) mass is 1110 g/mol. The van der Waals surface area contributed by atoms with Crippen molar-refractivity contribution >= 4 is 17.9 Å². The maximum atomic E-state index is 12.9. The molecule has 0 spiro atoms. The molecular formula is C73H136O6. The Kier molecular flexibility index (Phi) is 66.1. The molecule has 0 radical (unpaired) electrons. The first kappa shape index (κ1) is 76.6. The van der Waals surface area contributed by atoms with Crippen LogP contribution in [0, 0.1) is 0 Å².